The molecule has 2 aromatic heterocycles. The van der Waals surface area contributed by atoms with Crippen molar-refractivity contribution in [2.75, 3.05) is 30.0 Å². The zero-order valence-corrected chi connectivity index (χ0v) is 19.5. The average molecular weight is 471 g/mol. The van der Waals surface area contributed by atoms with E-state index in [0.717, 1.165) is 39.5 Å². The van der Waals surface area contributed by atoms with Crippen LogP contribution in [0, 0.1) is 0 Å². The van der Waals surface area contributed by atoms with E-state index in [2.05, 4.69) is 20.6 Å². The summed E-state index contributed by atoms with van der Waals surface area (Å²) in [5.74, 6) is 0.653. The van der Waals surface area contributed by atoms with E-state index in [1.54, 1.807) is 28.0 Å². The molecule has 2 aliphatic rings. The van der Waals surface area contributed by atoms with Gasteiger partial charge in [0.05, 0.1) is 16.3 Å². The Labute approximate surface area is 194 Å². The van der Waals surface area contributed by atoms with Crippen LogP contribution in [0.25, 0.3) is 10.2 Å². The van der Waals surface area contributed by atoms with E-state index in [4.69, 9.17) is 4.98 Å². The molecule has 10 heteroatoms. The van der Waals surface area contributed by atoms with Crippen molar-refractivity contribution in [1.29, 1.82) is 0 Å². The number of nitrogens with one attached hydrogen (secondary N) is 2. The Kier molecular flexibility index (Phi) is 6.16. The summed E-state index contributed by atoms with van der Waals surface area (Å²) in [6, 6.07) is 6.33. The number of fused-ring (bicyclic) bond motifs is 1. The molecule has 0 radical (unpaired) electrons. The maximum atomic E-state index is 12.7. The number of aromatic nitrogens is 3. The van der Waals surface area contributed by atoms with Crippen LogP contribution in [0.15, 0.2) is 35.5 Å². The van der Waals surface area contributed by atoms with Crippen molar-refractivity contribution in [3.05, 3.63) is 36.2 Å². The van der Waals surface area contributed by atoms with Crippen LogP contribution in [0.5, 0.6) is 0 Å². The lowest BCUT2D eigenvalue weighted by molar-refractivity contribution is 0.0765. The van der Waals surface area contributed by atoms with Crippen LogP contribution in [0.4, 0.5) is 11.1 Å². The number of carbonyl (C=O) groups is 1. The van der Waals surface area contributed by atoms with Crippen LogP contribution in [-0.2, 0) is 0 Å². The molecule has 3 heterocycles. The van der Waals surface area contributed by atoms with Crippen molar-refractivity contribution in [1.82, 2.24) is 19.9 Å². The minimum absolute atomic E-state index is 0.0242. The van der Waals surface area contributed by atoms with Gasteiger partial charge in [-0.15, -0.1) is 11.8 Å². The van der Waals surface area contributed by atoms with Gasteiger partial charge in [-0.1, -0.05) is 11.3 Å². The fraction of sp³-hybridized carbons (Fsp3) is 0.455. The van der Waals surface area contributed by atoms with E-state index in [9.17, 15) is 9.90 Å². The van der Waals surface area contributed by atoms with Crippen molar-refractivity contribution < 1.29 is 9.90 Å². The Balaban J connectivity index is 1.20. The first kappa shape index (κ1) is 21.4. The smallest absolute Gasteiger partial charge is 0.253 e. The molecule has 1 aliphatic carbocycles. The van der Waals surface area contributed by atoms with E-state index in [-0.39, 0.29) is 5.91 Å². The molecule has 8 nitrogen and oxygen atoms in total. The standard InChI is InChI=1S/C22H26N6O2S2/c1-31-17-10-23-21(24-11-17)25-14-3-4-15(9-14)26-22-27-18-5-2-13(8-19(18)32-22)20(30)28-7-6-16(29)12-28/h2,5,8,10-11,14-16,29H,3-4,6-7,9,12H2,1H3,(H,26,27)(H,23,24,25)/t14-,15?,16+/m0/s1. The van der Waals surface area contributed by atoms with Gasteiger partial charge in [0.1, 0.15) is 0 Å². The van der Waals surface area contributed by atoms with Crippen LogP contribution in [0.1, 0.15) is 36.0 Å². The van der Waals surface area contributed by atoms with Gasteiger partial charge in [0.25, 0.3) is 5.91 Å². The molecule has 1 saturated carbocycles. The maximum Gasteiger partial charge on any atom is 0.253 e. The van der Waals surface area contributed by atoms with Crippen molar-refractivity contribution in [2.24, 2.45) is 0 Å². The maximum absolute atomic E-state index is 12.7. The molecular weight excluding hydrogens is 444 g/mol. The number of thiazole rings is 1. The summed E-state index contributed by atoms with van der Waals surface area (Å²) < 4.78 is 0.994. The second-order valence-corrected chi connectivity index (χ2v) is 10.2. The molecule has 3 N–H and O–H groups in total. The van der Waals surface area contributed by atoms with Crippen LogP contribution in [-0.4, -0.2) is 68.4 Å². The fourth-order valence-corrected chi connectivity index (χ4v) is 5.62. The van der Waals surface area contributed by atoms with Gasteiger partial charge in [-0.25, -0.2) is 15.0 Å². The molecular formula is C22H26N6O2S2. The lowest BCUT2D eigenvalue weighted by Crippen LogP contribution is -2.29. The number of β-amino-alcohol motifs (C(OH)–C–C–N with tert-alkyl or cyclic N) is 1. The second-order valence-electron chi connectivity index (χ2n) is 8.34. The Morgan fingerprint density at radius 3 is 2.69 bits per heavy atom. The van der Waals surface area contributed by atoms with Crippen LogP contribution < -0.4 is 10.6 Å². The number of aliphatic hydroxyl groups excluding tert-OH is 1. The monoisotopic (exact) mass is 470 g/mol. The average Bonchev–Trinajstić information content (AvgIpc) is 3.53. The molecule has 1 unspecified atom stereocenters. The lowest BCUT2D eigenvalue weighted by Gasteiger charge is -2.15. The molecule has 0 bridgehead atoms. The normalized spacial score (nSPS) is 23.1. The number of aliphatic hydroxyl groups is 1. The highest BCUT2D eigenvalue weighted by molar-refractivity contribution is 7.98. The highest BCUT2D eigenvalue weighted by Crippen LogP contribution is 2.31. The first-order chi connectivity index (χ1) is 15.6. The number of amides is 1. The van der Waals surface area contributed by atoms with E-state index in [1.807, 2.05) is 36.8 Å². The van der Waals surface area contributed by atoms with E-state index in [0.29, 0.717) is 43.1 Å². The molecule has 3 aromatic rings. The highest BCUT2D eigenvalue weighted by atomic mass is 32.2. The van der Waals surface area contributed by atoms with E-state index in [1.165, 1.54) is 0 Å². The zero-order valence-electron chi connectivity index (χ0n) is 17.8. The van der Waals surface area contributed by atoms with Gasteiger partial charge in [0.2, 0.25) is 5.95 Å². The number of carbonyl (C=O) groups excluding carboxylic acids is 1. The third-order valence-corrected chi connectivity index (χ3v) is 7.67. The second kappa shape index (κ2) is 9.21. The third kappa shape index (κ3) is 4.67. The number of hydrogen-bond acceptors (Lipinski definition) is 9. The van der Waals surface area contributed by atoms with Gasteiger partial charge in [0.15, 0.2) is 5.13 Å². The Hall–Kier alpha value is -2.43. The van der Waals surface area contributed by atoms with Gasteiger partial charge in [-0.05, 0) is 50.1 Å². The number of rotatable bonds is 6. The van der Waals surface area contributed by atoms with Gasteiger partial charge < -0.3 is 20.6 Å². The number of anilines is 2. The summed E-state index contributed by atoms with van der Waals surface area (Å²) in [5.41, 5.74) is 1.55. The molecule has 5 rings (SSSR count). The van der Waals surface area contributed by atoms with Gasteiger partial charge in [-0.2, -0.15) is 0 Å². The Morgan fingerprint density at radius 2 is 1.97 bits per heavy atom. The number of benzene rings is 1. The van der Waals surface area contributed by atoms with Gasteiger partial charge >= 0.3 is 0 Å². The van der Waals surface area contributed by atoms with Crippen molar-refractivity contribution in [3.63, 3.8) is 0 Å². The quantitative estimate of drug-likeness (QED) is 0.471. The summed E-state index contributed by atoms with van der Waals surface area (Å²) in [6.45, 7) is 1.02. The summed E-state index contributed by atoms with van der Waals surface area (Å²) in [6.07, 6.45) is 9.02. The van der Waals surface area contributed by atoms with E-state index < -0.39 is 6.10 Å². The summed E-state index contributed by atoms with van der Waals surface area (Å²) in [7, 11) is 0. The SMILES string of the molecule is CSc1cnc(N[C@H]2CCC(Nc3nc4ccc(C(=O)N5CC[C@@H](O)C5)cc4s3)C2)nc1. The number of hydrogen-bond donors (Lipinski definition) is 3. The molecule has 32 heavy (non-hydrogen) atoms. The largest absolute Gasteiger partial charge is 0.391 e. The van der Waals surface area contributed by atoms with Crippen LogP contribution in [0.2, 0.25) is 0 Å². The lowest BCUT2D eigenvalue weighted by atomic mass is 10.2. The fourth-order valence-electron chi connectivity index (χ4n) is 4.33. The summed E-state index contributed by atoms with van der Waals surface area (Å²) in [4.78, 5) is 29.0. The number of likely N-dealkylation sites (tertiary alicyclic amines) is 1. The van der Waals surface area contributed by atoms with Gasteiger partial charge in [-0.3, -0.25) is 4.79 Å². The summed E-state index contributed by atoms with van der Waals surface area (Å²) in [5, 5.41) is 17.6. The highest BCUT2D eigenvalue weighted by Gasteiger charge is 2.27. The molecule has 168 valence electrons. The first-order valence-electron chi connectivity index (χ1n) is 10.8. The Bertz CT molecular complexity index is 1110. The minimum atomic E-state index is -0.409. The van der Waals surface area contributed by atoms with Gasteiger partial charge in [0, 0.05) is 48.0 Å². The van der Waals surface area contributed by atoms with E-state index >= 15 is 0 Å². The number of thioether (sulfide) groups is 1. The van der Waals surface area contributed by atoms with Crippen LogP contribution >= 0.6 is 23.1 Å². The minimum Gasteiger partial charge on any atom is -0.391 e. The van der Waals surface area contributed by atoms with Crippen molar-refractivity contribution in [3.8, 4) is 0 Å². The van der Waals surface area contributed by atoms with Crippen molar-refractivity contribution in [2.45, 2.75) is 48.8 Å². The predicted octanol–water partition coefficient (Wildman–Crippen LogP) is 3.46. The topological polar surface area (TPSA) is 103 Å². The Morgan fingerprint density at radius 1 is 1.19 bits per heavy atom. The van der Waals surface area contributed by atoms with Crippen LogP contribution in [0.3, 0.4) is 0 Å². The molecule has 1 saturated heterocycles. The molecule has 0 spiro atoms. The molecule has 3 atom stereocenters. The first-order valence-corrected chi connectivity index (χ1v) is 12.9. The molecule has 1 aromatic carbocycles. The molecule has 1 amide bonds. The third-order valence-electron chi connectivity index (χ3n) is 6.04. The molecule has 1 aliphatic heterocycles. The summed E-state index contributed by atoms with van der Waals surface area (Å²) >= 11 is 3.21. The van der Waals surface area contributed by atoms with Crippen molar-refractivity contribution >= 4 is 50.3 Å². The molecule has 2 fully saturated rings. The number of nitrogens with zero attached hydrogens (tertiary/aromatic N) is 4. The zero-order chi connectivity index (χ0) is 22.1. The predicted molar refractivity (Wildman–Crippen MR) is 129 cm³/mol.